The number of carbonyl (C=O) groups is 4. The molecule has 10 aliphatic rings. The van der Waals surface area contributed by atoms with Gasteiger partial charge >= 0.3 is 0 Å². The summed E-state index contributed by atoms with van der Waals surface area (Å²) >= 11 is -2.60. The van der Waals surface area contributed by atoms with Crippen LogP contribution in [0.5, 0.6) is 0 Å². The SMILES string of the molecule is CN1C(=O)[C@@]23C[C@]4([C@]56C[C@@]78SS[C@@](C)(C(=O)N7[C@H]5N(S(=O)O)c5ccccc56)N(C)C8=O)c5ccccc5N[C@@H]4N2C(=O)[C@]1(C)SS3. The second-order valence-electron chi connectivity index (χ2n) is 13.8. The summed E-state index contributed by atoms with van der Waals surface area (Å²) in [5, 5.41) is 3.66. The first-order valence-corrected chi connectivity index (χ1v) is 20.5. The van der Waals surface area contributed by atoms with E-state index in [2.05, 4.69) is 5.32 Å². The zero-order valence-electron chi connectivity index (χ0n) is 25.5. The highest BCUT2D eigenvalue weighted by atomic mass is 33.1. The number of carbonyl (C=O) groups excluding carboxylic acids is 4. The van der Waals surface area contributed by atoms with Gasteiger partial charge < -0.3 is 15.1 Å². The molecule has 9 atom stereocenters. The Morgan fingerprint density at radius 3 is 1.91 bits per heavy atom. The molecule has 244 valence electrons. The van der Waals surface area contributed by atoms with Gasteiger partial charge in [-0.25, -0.2) is 8.51 Å². The molecule has 10 aliphatic heterocycles. The molecule has 8 fully saturated rings. The molecule has 4 bridgehead atoms. The van der Waals surface area contributed by atoms with Crippen LogP contribution in [0.15, 0.2) is 48.5 Å². The van der Waals surface area contributed by atoms with Crippen molar-refractivity contribution < 1.29 is 27.9 Å². The van der Waals surface area contributed by atoms with E-state index in [-0.39, 0.29) is 36.5 Å². The molecule has 12 rings (SSSR count). The lowest BCUT2D eigenvalue weighted by Gasteiger charge is -2.57. The van der Waals surface area contributed by atoms with Crippen molar-refractivity contribution in [2.24, 2.45) is 0 Å². The lowest BCUT2D eigenvalue weighted by Crippen LogP contribution is -2.76. The molecule has 0 saturated carbocycles. The summed E-state index contributed by atoms with van der Waals surface area (Å²) in [6, 6.07) is 15.1. The molecular formula is C30H28N6O6S5. The maximum absolute atomic E-state index is 14.8. The monoisotopic (exact) mass is 728 g/mol. The van der Waals surface area contributed by atoms with Crippen LogP contribution in [-0.2, 0) is 41.3 Å². The van der Waals surface area contributed by atoms with E-state index in [1.807, 2.05) is 36.4 Å². The second kappa shape index (κ2) is 8.41. The van der Waals surface area contributed by atoms with Crippen LogP contribution in [-0.4, -0.2) is 97.9 Å². The van der Waals surface area contributed by atoms with Gasteiger partial charge in [0.1, 0.15) is 12.3 Å². The average molecular weight is 729 g/mol. The van der Waals surface area contributed by atoms with E-state index in [1.54, 1.807) is 54.8 Å². The molecule has 4 amide bonds. The Labute approximate surface area is 288 Å². The molecule has 0 radical (unpaired) electrons. The van der Waals surface area contributed by atoms with Gasteiger partial charge in [-0.3, -0.25) is 33.5 Å². The van der Waals surface area contributed by atoms with Crippen LogP contribution in [0.2, 0.25) is 0 Å². The molecule has 47 heavy (non-hydrogen) atoms. The van der Waals surface area contributed by atoms with Crippen LogP contribution in [0.25, 0.3) is 0 Å². The van der Waals surface area contributed by atoms with Crippen molar-refractivity contribution in [1.82, 2.24) is 19.6 Å². The number of amides is 4. The molecule has 1 unspecified atom stereocenters. The largest absolute Gasteiger partial charge is 0.364 e. The first kappa shape index (κ1) is 29.4. The Kier molecular flexibility index (Phi) is 5.25. The van der Waals surface area contributed by atoms with Gasteiger partial charge in [-0.05, 0) is 37.1 Å². The number of hydrogen-bond acceptors (Lipinski definition) is 10. The molecule has 12 nitrogen and oxygen atoms in total. The molecule has 0 aromatic heterocycles. The van der Waals surface area contributed by atoms with E-state index >= 15 is 0 Å². The van der Waals surface area contributed by atoms with Crippen molar-refractivity contribution >= 4 is 89.4 Å². The highest BCUT2D eigenvalue weighted by molar-refractivity contribution is 8.78. The van der Waals surface area contributed by atoms with Crippen LogP contribution in [0.4, 0.5) is 11.4 Å². The fourth-order valence-corrected chi connectivity index (χ4v) is 17.7. The maximum atomic E-state index is 14.8. The van der Waals surface area contributed by atoms with Gasteiger partial charge in [0.25, 0.3) is 34.9 Å². The van der Waals surface area contributed by atoms with Crippen LogP contribution >= 0.6 is 43.2 Å². The second-order valence-corrected chi connectivity index (χ2v) is 20.2. The quantitative estimate of drug-likeness (QED) is 0.350. The zero-order valence-corrected chi connectivity index (χ0v) is 29.5. The number of likely N-dealkylation sites (N-methyl/N-ethyl adjacent to an activating group) is 2. The molecule has 2 spiro atoms. The summed E-state index contributed by atoms with van der Waals surface area (Å²) in [4.78, 5) is 60.0. The van der Waals surface area contributed by atoms with Crippen molar-refractivity contribution in [2.75, 3.05) is 23.7 Å². The van der Waals surface area contributed by atoms with Crippen LogP contribution in [0.1, 0.15) is 37.8 Å². The summed E-state index contributed by atoms with van der Waals surface area (Å²) in [6.07, 6.45) is -1.55. The Bertz CT molecular complexity index is 1970. The third-order valence-corrected chi connectivity index (χ3v) is 20.3. The number of nitrogens with one attached hydrogen (secondary N) is 1. The number of piperazine rings is 2. The highest BCUT2D eigenvalue weighted by Gasteiger charge is 2.88. The van der Waals surface area contributed by atoms with Crippen molar-refractivity contribution in [2.45, 2.75) is 69.3 Å². The van der Waals surface area contributed by atoms with Crippen molar-refractivity contribution in [3.05, 3.63) is 59.7 Å². The van der Waals surface area contributed by atoms with Gasteiger partial charge in [0.15, 0.2) is 19.5 Å². The molecule has 10 heterocycles. The van der Waals surface area contributed by atoms with E-state index in [0.717, 1.165) is 11.3 Å². The van der Waals surface area contributed by atoms with E-state index in [0.29, 0.717) is 11.3 Å². The number of nitrogens with zero attached hydrogens (tertiary/aromatic N) is 5. The lowest BCUT2D eigenvalue weighted by molar-refractivity contribution is -0.163. The number of fused-ring (bicyclic) bond motifs is 11. The molecule has 2 N–H and O–H groups in total. The Balaban J connectivity index is 1.34. The van der Waals surface area contributed by atoms with Gasteiger partial charge in [0.2, 0.25) is 0 Å². The third-order valence-electron chi connectivity index (χ3n) is 12.2. The molecule has 8 saturated heterocycles. The fourth-order valence-electron chi connectivity index (χ4n) is 9.94. The van der Waals surface area contributed by atoms with E-state index in [1.165, 1.54) is 52.4 Å². The first-order chi connectivity index (χ1) is 22.3. The smallest absolute Gasteiger partial charge is 0.263 e. The Morgan fingerprint density at radius 2 is 1.28 bits per heavy atom. The molecule has 2 aromatic carbocycles. The highest BCUT2D eigenvalue weighted by Crippen LogP contribution is 2.79. The average Bonchev–Trinajstić information content (AvgIpc) is 3.73. The number of rotatable bonds is 2. The molecule has 0 aliphatic carbocycles. The summed E-state index contributed by atoms with van der Waals surface area (Å²) in [5.41, 5.74) is 0.489. The lowest BCUT2D eigenvalue weighted by atomic mass is 9.54. The third kappa shape index (κ3) is 2.69. The van der Waals surface area contributed by atoms with E-state index < -0.39 is 53.9 Å². The van der Waals surface area contributed by atoms with Crippen LogP contribution < -0.4 is 9.62 Å². The van der Waals surface area contributed by atoms with Gasteiger partial charge in [-0.15, -0.1) is 0 Å². The molecular weight excluding hydrogens is 701 g/mol. The van der Waals surface area contributed by atoms with Crippen molar-refractivity contribution in [3.63, 3.8) is 0 Å². The van der Waals surface area contributed by atoms with Crippen molar-refractivity contribution in [3.8, 4) is 0 Å². The Hall–Kier alpha value is -2.57. The summed E-state index contributed by atoms with van der Waals surface area (Å²) in [5.74, 6) is -0.941. The summed E-state index contributed by atoms with van der Waals surface area (Å²) in [7, 11) is 8.77. The first-order valence-electron chi connectivity index (χ1n) is 15.1. The molecule has 17 heteroatoms. The standard InChI is InChI=1S/C30H28N6O6S5/c1-25-21(37)34-19-27(15-9-5-7-11-17(15)31-19,13-29(34,45-43-25)23(39)32(25)3)28-14-30-24(40)33(4)26(2,44-46-30)22(38)35(30)20(28)36(47(41)42)18-12-8-6-10-16(18)28/h5-12,19-20,31H,13-14H2,1-4H3,(H,41,42)/t19-,20+,25+,26+,27+,28+,29+,30+/m1/s1. The van der Waals surface area contributed by atoms with E-state index in [4.69, 9.17) is 0 Å². The van der Waals surface area contributed by atoms with Crippen LogP contribution in [0.3, 0.4) is 0 Å². The van der Waals surface area contributed by atoms with E-state index in [9.17, 15) is 27.9 Å². The van der Waals surface area contributed by atoms with Gasteiger partial charge in [0.05, 0.1) is 16.5 Å². The normalized spacial score (nSPS) is 44.0. The number of hydrogen-bond donors (Lipinski definition) is 2. The maximum Gasteiger partial charge on any atom is 0.263 e. The van der Waals surface area contributed by atoms with Crippen molar-refractivity contribution in [1.29, 1.82) is 0 Å². The number of anilines is 2. The number of benzene rings is 2. The topological polar surface area (TPSA) is 134 Å². The van der Waals surface area contributed by atoms with Crippen LogP contribution in [0, 0.1) is 0 Å². The predicted molar refractivity (Wildman–Crippen MR) is 182 cm³/mol. The minimum Gasteiger partial charge on any atom is -0.364 e. The minimum atomic E-state index is -2.60. The summed E-state index contributed by atoms with van der Waals surface area (Å²) in [6.45, 7) is 3.49. The minimum absolute atomic E-state index is 0.113. The van der Waals surface area contributed by atoms with Gasteiger partial charge in [0, 0.05) is 32.6 Å². The summed E-state index contributed by atoms with van der Waals surface area (Å²) < 4.78 is 26.1. The van der Waals surface area contributed by atoms with Gasteiger partial charge in [-0.2, -0.15) is 0 Å². The van der Waals surface area contributed by atoms with Gasteiger partial charge in [-0.1, -0.05) is 79.6 Å². The Morgan fingerprint density at radius 1 is 0.745 bits per heavy atom. The number of para-hydroxylation sites is 2. The molecule has 2 aromatic rings. The zero-order chi connectivity index (χ0) is 32.8. The fraction of sp³-hybridized carbons (Fsp3) is 0.467. The predicted octanol–water partition coefficient (Wildman–Crippen LogP) is 2.92.